The Morgan fingerprint density at radius 2 is 1.75 bits per heavy atom. The van der Waals surface area contributed by atoms with E-state index >= 15 is 0 Å². The first-order valence-corrected chi connectivity index (χ1v) is 5.36. The zero-order valence-electron chi connectivity index (χ0n) is 7.52. The maximum Gasteiger partial charge on any atom is 0.197 e. The first-order valence-electron chi connectivity index (χ1n) is 4.56. The molecule has 0 aromatic carbocycles. The van der Waals surface area contributed by atoms with E-state index in [2.05, 4.69) is 22.5 Å². The van der Waals surface area contributed by atoms with E-state index in [1.807, 2.05) is 6.08 Å². The number of halogens is 1. The van der Waals surface area contributed by atoms with Gasteiger partial charge in [0.1, 0.15) is 0 Å². The molecule has 1 nitrogen and oxygen atoms in total. The van der Waals surface area contributed by atoms with Crippen LogP contribution in [0.5, 0.6) is 0 Å². The summed E-state index contributed by atoms with van der Waals surface area (Å²) in [7, 11) is 0. The molecule has 0 aliphatic carbocycles. The van der Waals surface area contributed by atoms with Crippen LogP contribution in [-0.4, -0.2) is 4.69 Å². The van der Waals surface area contributed by atoms with Crippen molar-refractivity contribution in [3.8, 4) is 0 Å². The third-order valence-corrected chi connectivity index (χ3v) is 2.18. The molecule has 0 heterocycles. The zero-order valence-corrected chi connectivity index (χ0v) is 9.11. The van der Waals surface area contributed by atoms with Gasteiger partial charge in [-0.1, -0.05) is 25.3 Å². The van der Waals surface area contributed by atoms with E-state index in [1.54, 1.807) is 0 Å². The highest BCUT2D eigenvalue weighted by molar-refractivity contribution is 9.18. The molecule has 2 heteroatoms. The predicted molar refractivity (Wildman–Crippen MR) is 56.5 cm³/mol. The number of hydrogen-bond acceptors (Lipinski definition) is 1. The SMILES string of the molecule is C=CCCCCCCCC(=O)Br. The van der Waals surface area contributed by atoms with Crippen molar-refractivity contribution in [2.45, 2.75) is 44.9 Å². The van der Waals surface area contributed by atoms with Gasteiger partial charge in [0.15, 0.2) is 4.69 Å². The van der Waals surface area contributed by atoms with Gasteiger partial charge >= 0.3 is 0 Å². The first kappa shape index (κ1) is 11.9. The lowest BCUT2D eigenvalue weighted by molar-refractivity contribution is -0.110. The van der Waals surface area contributed by atoms with Crippen LogP contribution in [0.2, 0.25) is 0 Å². The Balaban J connectivity index is 2.90. The second-order valence-electron chi connectivity index (χ2n) is 2.95. The van der Waals surface area contributed by atoms with E-state index in [-0.39, 0.29) is 4.69 Å². The normalized spacial score (nSPS) is 9.75. The van der Waals surface area contributed by atoms with Gasteiger partial charge in [-0.15, -0.1) is 6.58 Å². The number of allylic oxidation sites excluding steroid dienone is 1. The Bertz CT molecular complexity index is 132. The Kier molecular flexibility index (Phi) is 8.90. The third kappa shape index (κ3) is 9.89. The maximum absolute atomic E-state index is 10.5. The summed E-state index contributed by atoms with van der Waals surface area (Å²) < 4.78 is 0.133. The van der Waals surface area contributed by atoms with Crippen molar-refractivity contribution in [2.24, 2.45) is 0 Å². The number of carbonyl (C=O) groups is 1. The van der Waals surface area contributed by atoms with E-state index in [4.69, 9.17) is 0 Å². The summed E-state index contributed by atoms with van der Waals surface area (Å²) in [5, 5.41) is 0. The van der Waals surface area contributed by atoms with Gasteiger partial charge in [0.25, 0.3) is 0 Å². The fourth-order valence-corrected chi connectivity index (χ4v) is 1.36. The molecule has 0 unspecified atom stereocenters. The lowest BCUT2D eigenvalue weighted by Crippen LogP contribution is -1.85. The molecule has 0 rings (SSSR count). The van der Waals surface area contributed by atoms with Crippen LogP contribution in [0.1, 0.15) is 44.9 Å². The number of unbranched alkanes of at least 4 members (excludes halogenated alkanes) is 5. The van der Waals surface area contributed by atoms with E-state index in [0.29, 0.717) is 6.42 Å². The van der Waals surface area contributed by atoms with Crippen molar-refractivity contribution in [3.63, 3.8) is 0 Å². The molecular weight excluding hydrogens is 216 g/mol. The molecule has 0 aromatic rings. The van der Waals surface area contributed by atoms with Gasteiger partial charge in [-0.25, -0.2) is 0 Å². The molecule has 0 saturated heterocycles. The Hall–Kier alpha value is -0.110. The maximum atomic E-state index is 10.5. The van der Waals surface area contributed by atoms with Crippen molar-refractivity contribution >= 4 is 20.6 Å². The highest BCUT2D eigenvalue weighted by Crippen LogP contribution is 2.08. The molecule has 0 aliphatic rings. The van der Waals surface area contributed by atoms with Crippen molar-refractivity contribution in [1.29, 1.82) is 0 Å². The first-order chi connectivity index (χ1) is 5.77. The molecule has 70 valence electrons. The molecule has 0 atom stereocenters. The van der Waals surface area contributed by atoms with Gasteiger partial charge in [0.05, 0.1) is 0 Å². The highest BCUT2D eigenvalue weighted by atomic mass is 79.9. The molecule has 0 spiro atoms. The lowest BCUT2D eigenvalue weighted by Gasteiger charge is -1.97. The van der Waals surface area contributed by atoms with Gasteiger partial charge < -0.3 is 0 Å². The minimum absolute atomic E-state index is 0.133. The fraction of sp³-hybridized carbons (Fsp3) is 0.700. The Morgan fingerprint density at radius 1 is 1.17 bits per heavy atom. The van der Waals surface area contributed by atoms with Gasteiger partial charge in [0, 0.05) is 6.42 Å². The minimum atomic E-state index is 0.133. The summed E-state index contributed by atoms with van der Waals surface area (Å²) in [5.74, 6) is 0. The molecule has 0 fully saturated rings. The molecule has 0 bridgehead atoms. The van der Waals surface area contributed by atoms with Crippen molar-refractivity contribution in [2.75, 3.05) is 0 Å². The quantitative estimate of drug-likeness (QED) is 0.354. The molecule has 0 saturated carbocycles. The Labute approximate surface area is 83.4 Å². The second kappa shape index (κ2) is 8.98. The van der Waals surface area contributed by atoms with Crippen LogP contribution < -0.4 is 0 Å². The van der Waals surface area contributed by atoms with Crippen LogP contribution in [0.4, 0.5) is 0 Å². The molecule has 0 aromatic heterocycles. The number of hydrogen-bond donors (Lipinski definition) is 0. The zero-order chi connectivity index (χ0) is 9.23. The average molecular weight is 233 g/mol. The number of rotatable bonds is 8. The summed E-state index contributed by atoms with van der Waals surface area (Å²) in [6.07, 6.45) is 9.72. The molecular formula is C10H17BrO. The van der Waals surface area contributed by atoms with Gasteiger partial charge in [-0.05, 0) is 35.2 Å². The van der Waals surface area contributed by atoms with Crippen molar-refractivity contribution in [3.05, 3.63) is 12.7 Å². The third-order valence-electron chi connectivity index (χ3n) is 1.78. The van der Waals surface area contributed by atoms with Crippen LogP contribution in [0, 0.1) is 0 Å². The summed E-state index contributed by atoms with van der Waals surface area (Å²) in [6, 6.07) is 0. The van der Waals surface area contributed by atoms with Gasteiger partial charge in [-0.3, -0.25) is 4.79 Å². The smallest absolute Gasteiger partial charge is 0.197 e. The summed E-state index contributed by atoms with van der Waals surface area (Å²) in [4.78, 5) is 10.5. The van der Waals surface area contributed by atoms with Crippen molar-refractivity contribution < 1.29 is 4.79 Å². The van der Waals surface area contributed by atoms with Gasteiger partial charge in [-0.2, -0.15) is 0 Å². The van der Waals surface area contributed by atoms with Crippen molar-refractivity contribution in [1.82, 2.24) is 0 Å². The van der Waals surface area contributed by atoms with Crippen LogP contribution in [0.25, 0.3) is 0 Å². The average Bonchev–Trinajstić information content (AvgIpc) is 2.02. The highest BCUT2D eigenvalue weighted by Gasteiger charge is 1.94. The van der Waals surface area contributed by atoms with Crippen LogP contribution in [0.3, 0.4) is 0 Å². The molecule has 12 heavy (non-hydrogen) atoms. The van der Waals surface area contributed by atoms with Crippen LogP contribution in [-0.2, 0) is 4.79 Å². The topological polar surface area (TPSA) is 17.1 Å². The molecule has 0 N–H and O–H groups in total. The van der Waals surface area contributed by atoms with E-state index < -0.39 is 0 Å². The van der Waals surface area contributed by atoms with E-state index in [0.717, 1.165) is 12.8 Å². The summed E-state index contributed by atoms with van der Waals surface area (Å²) in [6.45, 7) is 3.67. The predicted octanol–water partition coefficient (Wildman–Crippen LogP) is 3.82. The molecule has 0 amide bonds. The molecule has 0 radical (unpaired) electrons. The van der Waals surface area contributed by atoms with E-state index in [9.17, 15) is 4.79 Å². The van der Waals surface area contributed by atoms with Crippen LogP contribution in [0.15, 0.2) is 12.7 Å². The minimum Gasteiger partial charge on any atom is -0.287 e. The Morgan fingerprint density at radius 3 is 2.33 bits per heavy atom. The standard InChI is InChI=1S/C10H17BrO/c1-2-3-4-5-6-7-8-9-10(11)12/h2H,1,3-9H2. The molecule has 0 aliphatic heterocycles. The summed E-state index contributed by atoms with van der Waals surface area (Å²) >= 11 is 2.92. The summed E-state index contributed by atoms with van der Waals surface area (Å²) in [5.41, 5.74) is 0. The fourth-order valence-electron chi connectivity index (χ4n) is 1.08. The monoisotopic (exact) mass is 232 g/mol. The van der Waals surface area contributed by atoms with Crippen LogP contribution >= 0.6 is 15.9 Å². The lowest BCUT2D eigenvalue weighted by atomic mass is 10.1. The van der Waals surface area contributed by atoms with Gasteiger partial charge in [0.2, 0.25) is 0 Å². The second-order valence-corrected chi connectivity index (χ2v) is 3.83. The van der Waals surface area contributed by atoms with E-state index in [1.165, 1.54) is 25.7 Å². The number of carbonyl (C=O) groups excluding carboxylic acids is 1. The largest absolute Gasteiger partial charge is 0.287 e.